The minimum Gasteiger partial charge on any atom is -0.321 e. The fourth-order valence-electron chi connectivity index (χ4n) is 4.13. The van der Waals surface area contributed by atoms with Gasteiger partial charge in [0.05, 0.1) is 18.2 Å². The van der Waals surface area contributed by atoms with Crippen molar-refractivity contribution >= 4 is 11.7 Å². The third-order valence-corrected chi connectivity index (χ3v) is 5.47. The van der Waals surface area contributed by atoms with Gasteiger partial charge in [0, 0.05) is 30.0 Å². The van der Waals surface area contributed by atoms with Crippen molar-refractivity contribution in [1.29, 1.82) is 5.26 Å². The lowest BCUT2D eigenvalue weighted by molar-refractivity contribution is 0.187. The van der Waals surface area contributed by atoms with E-state index in [0.29, 0.717) is 23.7 Å². The van der Waals surface area contributed by atoms with Gasteiger partial charge in [-0.15, -0.1) is 0 Å². The molecule has 0 spiro atoms. The Morgan fingerprint density at radius 2 is 2.19 bits per heavy atom. The minimum atomic E-state index is -0.392. The van der Waals surface area contributed by atoms with Gasteiger partial charge in [0.2, 0.25) is 0 Å². The molecule has 132 valence electrons. The minimum absolute atomic E-state index is 0.0792. The van der Waals surface area contributed by atoms with Crippen LogP contribution in [0.4, 0.5) is 14.9 Å². The van der Waals surface area contributed by atoms with E-state index in [1.165, 1.54) is 12.3 Å². The van der Waals surface area contributed by atoms with Crippen LogP contribution in [0.1, 0.15) is 18.4 Å². The van der Waals surface area contributed by atoms with Crippen LogP contribution in [-0.2, 0) is 0 Å². The number of anilines is 1. The molecule has 1 aliphatic heterocycles. The lowest BCUT2D eigenvalue weighted by Gasteiger charge is -2.29. The standard InChI is InChI=1S/C20H19FN4O/c1-12-2-3-17(7-19(12)14-4-16(21)10-23-9-14)24-20(26)25-11-15-6-18(25)5-13(15)8-22/h2-4,7,9-10,13,15,18H,5-6,11H2,1H3,(H,24,26)/t13-,15+,18-/m0/s1. The van der Waals surface area contributed by atoms with Crippen LogP contribution in [-0.4, -0.2) is 28.5 Å². The molecule has 1 aromatic carbocycles. The lowest BCUT2D eigenvalue weighted by atomic mass is 9.96. The summed E-state index contributed by atoms with van der Waals surface area (Å²) in [7, 11) is 0. The number of benzene rings is 1. The molecule has 2 fully saturated rings. The summed E-state index contributed by atoms with van der Waals surface area (Å²) >= 11 is 0. The summed E-state index contributed by atoms with van der Waals surface area (Å²) in [6.07, 6.45) is 4.46. The Balaban J connectivity index is 1.52. The van der Waals surface area contributed by atoms with Gasteiger partial charge >= 0.3 is 6.03 Å². The largest absolute Gasteiger partial charge is 0.322 e. The number of likely N-dealkylation sites (tertiary alicyclic amines) is 1. The van der Waals surface area contributed by atoms with Gasteiger partial charge in [0.25, 0.3) is 0 Å². The van der Waals surface area contributed by atoms with Gasteiger partial charge in [0.1, 0.15) is 5.82 Å². The van der Waals surface area contributed by atoms with Crippen LogP contribution >= 0.6 is 0 Å². The average Bonchev–Trinajstić information content (AvgIpc) is 3.23. The van der Waals surface area contributed by atoms with Gasteiger partial charge in [-0.1, -0.05) is 6.07 Å². The molecule has 2 bridgehead atoms. The van der Waals surface area contributed by atoms with E-state index in [0.717, 1.165) is 24.0 Å². The van der Waals surface area contributed by atoms with Crippen LogP contribution in [0.2, 0.25) is 0 Å². The van der Waals surface area contributed by atoms with Gasteiger partial charge in [-0.05, 0) is 55.0 Å². The van der Waals surface area contributed by atoms with E-state index < -0.39 is 5.82 Å². The van der Waals surface area contributed by atoms with Crippen molar-refractivity contribution in [2.24, 2.45) is 11.8 Å². The van der Waals surface area contributed by atoms with Crippen molar-refractivity contribution in [3.8, 4) is 17.2 Å². The highest BCUT2D eigenvalue weighted by atomic mass is 19.1. The van der Waals surface area contributed by atoms with E-state index in [1.807, 2.05) is 30.0 Å². The molecule has 6 heteroatoms. The molecule has 1 N–H and O–H groups in total. The molecule has 0 unspecified atom stereocenters. The number of urea groups is 1. The van der Waals surface area contributed by atoms with Crippen LogP contribution in [0.15, 0.2) is 36.7 Å². The first-order valence-electron chi connectivity index (χ1n) is 8.74. The molecular formula is C20H19FN4O. The number of rotatable bonds is 2. The summed E-state index contributed by atoms with van der Waals surface area (Å²) in [6, 6.07) is 9.38. The zero-order chi connectivity index (χ0) is 18.3. The maximum absolute atomic E-state index is 13.5. The SMILES string of the molecule is Cc1ccc(NC(=O)N2C[C@H]3C[C@@H]2C[C@H]3C#N)cc1-c1cncc(F)c1. The predicted molar refractivity (Wildman–Crippen MR) is 95.7 cm³/mol. The monoisotopic (exact) mass is 350 g/mol. The quantitative estimate of drug-likeness (QED) is 0.891. The molecule has 1 aliphatic carbocycles. The third-order valence-electron chi connectivity index (χ3n) is 5.47. The highest BCUT2D eigenvalue weighted by Crippen LogP contribution is 2.42. The summed E-state index contributed by atoms with van der Waals surface area (Å²) in [6.45, 7) is 2.58. The Morgan fingerprint density at radius 1 is 1.35 bits per heavy atom. The molecule has 2 aliphatic rings. The number of halogens is 1. The summed E-state index contributed by atoms with van der Waals surface area (Å²) < 4.78 is 13.5. The molecular weight excluding hydrogens is 331 g/mol. The lowest BCUT2D eigenvalue weighted by Crippen LogP contribution is -2.42. The number of nitrogens with one attached hydrogen (secondary N) is 1. The Morgan fingerprint density at radius 3 is 2.88 bits per heavy atom. The molecule has 2 heterocycles. The van der Waals surface area contributed by atoms with Crippen LogP contribution in [0.5, 0.6) is 0 Å². The van der Waals surface area contributed by atoms with Crippen molar-refractivity contribution in [3.63, 3.8) is 0 Å². The fraction of sp³-hybridized carbons (Fsp3) is 0.350. The van der Waals surface area contributed by atoms with E-state index in [1.54, 1.807) is 6.20 Å². The molecule has 2 amide bonds. The van der Waals surface area contributed by atoms with Gasteiger partial charge in [0.15, 0.2) is 0 Å². The number of hydrogen-bond acceptors (Lipinski definition) is 3. The maximum Gasteiger partial charge on any atom is 0.322 e. The number of aryl methyl sites for hydroxylation is 1. The highest BCUT2D eigenvalue weighted by molar-refractivity contribution is 5.91. The molecule has 26 heavy (non-hydrogen) atoms. The maximum atomic E-state index is 13.5. The summed E-state index contributed by atoms with van der Waals surface area (Å²) in [5, 5.41) is 12.1. The van der Waals surface area contributed by atoms with E-state index in [9.17, 15) is 9.18 Å². The first kappa shape index (κ1) is 16.5. The van der Waals surface area contributed by atoms with Gasteiger partial charge in [-0.2, -0.15) is 5.26 Å². The number of fused-ring (bicyclic) bond motifs is 2. The fourth-order valence-corrected chi connectivity index (χ4v) is 4.13. The topological polar surface area (TPSA) is 69.0 Å². The summed E-state index contributed by atoms with van der Waals surface area (Å²) in [5.41, 5.74) is 3.16. The van der Waals surface area contributed by atoms with Crippen LogP contribution < -0.4 is 5.32 Å². The van der Waals surface area contributed by atoms with Crippen molar-refractivity contribution < 1.29 is 9.18 Å². The first-order chi connectivity index (χ1) is 12.5. The van der Waals surface area contributed by atoms with Crippen LogP contribution in [0.3, 0.4) is 0 Å². The van der Waals surface area contributed by atoms with Crippen molar-refractivity contribution in [1.82, 2.24) is 9.88 Å². The van der Waals surface area contributed by atoms with Gasteiger partial charge < -0.3 is 10.2 Å². The Bertz CT molecular complexity index is 907. The van der Waals surface area contributed by atoms with E-state index in [2.05, 4.69) is 16.4 Å². The predicted octanol–water partition coefficient (Wildman–Crippen LogP) is 3.96. The summed E-state index contributed by atoms with van der Waals surface area (Å²) in [4.78, 5) is 18.4. The smallest absolute Gasteiger partial charge is 0.321 e. The van der Waals surface area contributed by atoms with Crippen LogP contribution in [0, 0.1) is 35.9 Å². The number of carbonyl (C=O) groups excluding carboxylic acids is 1. The van der Waals surface area contributed by atoms with E-state index in [-0.39, 0.29) is 18.0 Å². The number of aromatic nitrogens is 1. The van der Waals surface area contributed by atoms with Crippen molar-refractivity contribution in [2.45, 2.75) is 25.8 Å². The molecule has 4 rings (SSSR count). The Hall–Kier alpha value is -2.94. The van der Waals surface area contributed by atoms with E-state index >= 15 is 0 Å². The number of nitriles is 1. The van der Waals surface area contributed by atoms with E-state index in [4.69, 9.17) is 5.26 Å². The third kappa shape index (κ3) is 2.90. The number of carbonyl (C=O) groups is 1. The van der Waals surface area contributed by atoms with Gasteiger partial charge in [-0.25, -0.2) is 9.18 Å². The molecule has 2 aromatic rings. The van der Waals surface area contributed by atoms with Crippen molar-refractivity contribution in [3.05, 3.63) is 48.0 Å². The number of hydrogen-bond donors (Lipinski definition) is 1. The zero-order valence-corrected chi connectivity index (χ0v) is 14.4. The van der Waals surface area contributed by atoms with Crippen LogP contribution in [0.25, 0.3) is 11.1 Å². The average molecular weight is 350 g/mol. The normalized spacial score (nSPS) is 23.7. The molecule has 1 aromatic heterocycles. The molecule has 5 nitrogen and oxygen atoms in total. The molecule has 1 saturated heterocycles. The Kier molecular flexibility index (Phi) is 4.08. The molecule has 1 saturated carbocycles. The number of amides is 2. The van der Waals surface area contributed by atoms with Gasteiger partial charge in [-0.3, -0.25) is 4.98 Å². The first-order valence-corrected chi connectivity index (χ1v) is 8.74. The summed E-state index contributed by atoms with van der Waals surface area (Å²) in [5.74, 6) is -0.0188. The molecule has 3 atom stereocenters. The Labute approximate surface area is 151 Å². The zero-order valence-electron chi connectivity index (χ0n) is 14.4. The van der Waals surface area contributed by atoms with Crippen molar-refractivity contribution in [2.75, 3.05) is 11.9 Å². The second-order valence-electron chi connectivity index (χ2n) is 7.12. The number of piperidine rings is 1. The number of nitrogens with zero attached hydrogens (tertiary/aromatic N) is 3. The highest BCUT2D eigenvalue weighted by Gasteiger charge is 2.46. The second-order valence-corrected chi connectivity index (χ2v) is 7.12. The molecule has 0 radical (unpaired) electrons. The number of pyridine rings is 1. The second kappa shape index (κ2) is 6.41.